The smallest absolute Gasteiger partial charge is 0.251 e. The first-order valence-corrected chi connectivity index (χ1v) is 8.86. The van der Waals surface area contributed by atoms with Gasteiger partial charge < -0.3 is 10.2 Å². The standard InChI is InChI=1S/C22H22FN3O/c1-26(16-17-7-3-2-4-8-17)21-15-19(12-13-24-21)22(27)25-14-11-18-9-5-6-10-20(18)23/h2-10,12-13,15H,11,14,16H2,1H3,(H,25,27). The Hall–Kier alpha value is -3.21. The van der Waals surface area contributed by atoms with Crippen molar-refractivity contribution in [2.45, 2.75) is 13.0 Å². The van der Waals surface area contributed by atoms with Crippen LogP contribution in [0.3, 0.4) is 0 Å². The summed E-state index contributed by atoms with van der Waals surface area (Å²) in [5.41, 5.74) is 2.30. The molecule has 3 aromatic rings. The molecule has 138 valence electrons. The monoisotopic (exact) mass is 363 g/mol. The van der Waals surface area contributed by atoms with Gasteiger partial charge in [0.25, 0.3) is 5.91 Å². The van der Waals surface area contributed by atoms with Gasteiger partial charge in [0.1, 0.15) is 11.6 Å². The molecule has 0 saturated heterocycles. The number of hydrogen-bond acceptors (Lipinski definition) is 3. The highest BCUT2D eigenvalue weighted by Crippen LogP contribution is 2.14. The molecular weight excluding hydrogens is 341 g/mol. The van der Waals surface area contributed by atoms with Crippen molar-refractivity contribution in [3.63, 3.8) is 0 Å². The minimum Gasteiger partial charge on any atom is -0.355 e. The van der Waals surface area contributed by atoms with Crippen molar-refractivity contribution in [2.24, 2.45) is 0 Å². The lowest BCUT2D eigenvalue weighted by Gasteiger charge is -2.18. The normalized spacial score (nSPS) is 10.4. The second-order valence-corrected chi connectivity index (χ2v) is 6.34. The van der Waals surface area contributed by atoms with Gasteiger partial charge >= 0.3 is 0 Å². The molecule has 0 atom stereocenters. The fraction of sp³-hybridized carbons (Fsp3) is 0.182. The van der Waals surface area contributed by atoms with Gasteiger partial charge in [0.15, 0.2) is 0 Å². The fourth-order valence-corrected chi connectivity index (χ4v) is 2.82. The van der Waals surface area contributed by atoms with E-state index in [1.165, 1.54) is 11.6 Å². The van der Waals surface area contributed by atoms with Crippen LogP contribution in [0, 0.1) is 5.82 Å². The summed E-state index contributed by atoms with van der Waals surface area (Å²) in [6.45, 7) is 1.07. The number of halogens is 1. The van der Waals surface area contributed by atoms with Crippen LogP contribution in [0.25, 0.3) is 0 Å². The van der Waals surface area contributed by atoms with Gasteiger partial charge in [-0.2, -0.15) is 0 Å². The third-order valence-electron chi connectivity index (χ3n) is 4.30. The van der Waals surface area contributed by atoms with Crippen LogP contribution in [-0.4, -0.2) is 24.5 Å². The second-order valence-electron chi connectivity index (χ2n) is 6.34. The van der Waals surface area contributed by atoms with E-state index in [1.54, 1.807) is 36.5 Å². The summed E-state index contributed by atoms with van der Waals surface area (Å²) in [4.78, 5) is 18.7. The molecule has 0 bridgehead atoms. The SMILES string of the molecule is CN(Cc1ccccc1)c1cc(C(=O)NCCc2ccccc2F)ccn1. The highest BCUT2D eigenvalue weighted by atomic mass is 19.1. The number of benzene rings is 2. The van der Waals surface area contributed by atoms with E-state index in [9.17, 15) is 9.18 Å². The summed E-state index contributed by atoms with van der Waals surface area (Å²) < 4.78 is 13.6. The van der Waals surface area contributed by atoms with E-state index in [2.05, 4.69) is 22.4 Å². The van der Waals surface area contributed by atoms with Crippen molar-refractivity contribution < 1.29 is 9.18 Å². The summed E-state index contributed by atoms with van der Waals surface area (Å²) in [5.74, 6) is 0.282. The first-order chi connectivity index (χ1) is 13.1. The van der Waals surface area contributed by atoms with E-state index in [0.29, 0.717) is 30.6 Å². The van der Waals surface area contributed by atoms with Crippen LogP contribution in [0.4, 0.5) is 10.2 Å². The zero-order valence-corrected chi connectivity index (χ0v) is 15.2. The fourth-order valence-electron chi connectivity index (χ4n) is 2.82. The first kappa shape index (κ1) is 18.6. The zero-order valence-electron chi connectivity index (χ0n) is 15.2. The molecule has 0 aliphatic rings. The molecule has 0 aliphatic carbocycles. The van der Waals surface area contributed by atoms with Gasteiger partial charge in [0, 0.05) is 31.9 Å². The molecule has 0 fully saturated rings. The molecule has 1 aromatic heterocycles. The summed E-state index contributed by atoms with van der Waals surface area (Å²) >= 11 is 0. The molecule has 4 nitrogen and oxygen atoms in total. The van der Waals surface area contributed by atoms with Crippen LogP contribution in [0.2, 0.25) is 0 Å². The number of carbonyl (C=O) groups is 1. The van der Waals surface area contributed by atoms with Gasteiger partial charge in [0.05, 0.1) is 0 Å². The Bertz CT molecular complexity index is 899. The van der Waals surface area contributed by atoms with Gasteiger partial charge in [-0.05, 0) is 35.7 Å². The number of hydrogen-bond donors (Lipinski definition) is 1. The molecule has 27 heavy (non-hydrogen) atoms. The van der Waals surface area contributed by atoms with E-state index >= 15 is 0 Å². The molecule has 0 spiro atoms. The molecule has 0 radical (unpaired) electrons. The average Bonchev–Trinajstić information content (AvgIpc) is 2.70. The van der Waals surface area contributed by atoms with Crippen molar-refractivity contribution in [2.75, 3.05) is 18.5 Å². The molecule has 0 unspecified atom stereocenters. The third-order valence-corrected chi connectivity index (χ3v) is 4.30. The molecule has 2 aromatic carbocycles. The van der Waals surface area contributed by atoms with E-state index < -0.39 is 0 Å². The van der Waals surface area contributed by atoms with Crippen LogP contribution < -0.4 is 10.2 Å². The maximum atomic E-state index is 13.6. The van der Waals surface area contributed by atoms with Gasteiger partial charge in [-0.1, -0.05) is 48.5 Å². The number of pyridine rings is 1. The molecule has 0 saturated carbocycles. The number of nitrogens with zero attached hydrogens (tertiary/aromatic N) is 2. The van der Waals surface area contributed by atoms with Gasteiger partial charge in [-0.25, -0.2) is 9.37 Å². The minimum absolute atomic E-state index is 0.192. The summed E-state index contributed by atoms with van der Waals surface area (Å²) in [7, 11) is 1.94. The van der Waals surface area contributed by atoms with Crippen molar-refractivity contribution in [3.05, 3.63) is 95.4 Å². The molecule has 5 heteroatoms. The Morgan fingerprint density at radius 2 is 1.81 bits per heavy atom. The Balaban J connectivity index is 1.59. The summed E-state index contributed by atoms with van der Waals surface area (Å²) in [6, 6.07) is 20.1. The van der Waals surface area contributed by atoms with Gasteiger partial charge in [-0.3, -0.25) is 4.79 Å². The van der Waals surface area contributed by atoms with Crippen LogP contribution >= 0.6 is 0 Å². The lowest BCUT2D eigenvalue weighted by molar-refractivity contribution is 0.0954. The molecule has 1 N–H and O–H groups in total. The highest BCUT2D eigenvalue weighted by molar-refractivity contribution is 5.94. The molecule has 1 heterocycles. The molecular formula is C22H22FN3O. The Morgan fingerprint density at radius 1 is 1.07 bits per heavy atom. The molecule has 1 amide bonds. The number of anilines is 1. The van der Waals surface area contributed by atoms with E-state index in [1.807, 2.05) is 30.1 Å². The number of carbonyl (C=O) groups excluding carboxylic acids is 1. The number of aromatic nitrogens is 1. The lowest BCUT2D eigenvalue weighted by Crippen LogP contribution is -2.26. The largest absolute Gasteiger partial charge is 0.355 e. The number of amides is 1. The highest BCUT2D eigenvalue weighted by Gasteiger charge is 2.10. The Kier molecular flexibility index (Phi) is 6.15. The number of rotatable bonds is 7. The maximum Gasteiger partial charge on any atom is 0.251 e. The Labute approximate surface area is 158 Å². The van der Waals surface area contributed by atoms with Crippen LogP contribution in [0.1, 0.15) is 21.5 Å². The zero-order chi connectivity index (χ0) is 19.1. The molecule has 3 rings (SSSR count). The van der Waals surface area contributed by atoms with Crippen LogP contribution in [-0.2, 0) is 13.0 Å². The van der Waals surface area contributed by atoms with Crippen LogP contribution in [0.5, 0.6) is 0 Å². The van der Waals surface area contributed by atoms with Crippen molar-refractivity contribution in [1.29, 1.82) is 0 Å². The predicted molar refractivity (Wildman–Crippen MR) is 105 cm³/mol. The average molecular weight is 363 g/mol. The number of nitrogens with one attached hydrogen (secondary N) is 1. The lowest BCUT2D eigenvalue weighted by atomic mass is 10.1. The maximum absolute atomic E-state index is 13.6. The molecule has 0 aliphatic heterocycles. The van der Waals surface area contributed by atoms with Crippen LogP contribution in [0.15, 0.2) is 72.9 Å². The van der Waals surface area contributed by atoms with E-state index in [0.717, 1.165) is 5.82 Å². The van der Waals surface area contributed by atoms with Crippen molar-refractivity contribution in [1.82, 2.24) is 10.3 Å². The van der Waals surface area contributed by atoms with Crippen molar-refractivity contribution in [3.8, 4) is 0 Å². The minimum atomic E-state index is -0.250. The predicted octanol–water partition coefficient (Wildman–Crippen LogP) is 3.83. The topological polar surface area (TPSA) is 45.2 Å². The first-order valence-electron chi connectivity index (χ1n) is 8.86. The quantitative estimate of drug-likeness (QED) is 0.694. The summed E-state index contributed by atoms with van der Waals surface area (Å²) in [6.07, 6.45) is 2.08. The van der Waals surface area contributed by atoms with Crippen molar-refractivity contribution >= 4 is 11.7 Å². The van der Waals surface area contributed by atoms with E-state index in [4.69, 9.17) is 0 Å². The summed E-state index contributed by atoms with van der Waals surface area (Å²) in [5, 5.41) is 2.84. The van der Waals surface area contributed by atoms with Gasteiger partial charge in [0.2, 0.25) is 0 Å². The second kappa shape index (κ2) is 8.94. The third kappa shape index (κ3) is 5.14. The Morgan fingerprint density at radius 3 is 2.59 bits per heavy atom. The van der Waals surface area contributed by atoms with E-state index in [-0.39, 0.29) is 11.7 Å². The van der Waals surface area contributed by atoms with Gasteiger partial charge in [-0.15, -0.1) is 0 Å².